The second-order valence-electron chi connectivity index (χ2n) is 2.05. The molecule has 1 aromatic rings. The van der Waals surface area contributed by atoms with Crippen LogP contribution >= 0.6 is 34.5 Å². The van der Waals surface area contributed by atoms with Gasteiger partial charge in [-0.15, -0.1) is 11.3 Å². The molecule has 0 aliphatic rings. The average molecular weight is 225 g/mol. The number of nitrogens with zero attached hydrogens (tertiary/aromatic N) is 2. The molecule has 1 aromatic heterocycles. The Bertz CT molecular complexity index is 341. The van der Waals surface area contributed by atoms with Gasteiger partial charge in [0.05, 0.1) is 0 Å². The lowest BCUT2D eigenvalue weighted by Gasteiger charge is -1.91. The van der Waals surface area contributed by atoms with Crippen molar-refractivity contribution in [2.45, 2.75) is 4.84 Å². The van der Waals surface area contributed by atoms with Gasteiger partial charge in [-0.3, -0.25) is 4.79 Å². The molecule has 1 amide bonds. The third-order valence-corrected chi connectivity index (χ3v) is 2.37. The van der Waals surface area contributed by atoms with Crippen molar-refractivity contribution in [1.29, 1.82) is 0 Å². The van der Waals surface area contributed by atoms with Gasteiger partial charge in [0.15, 0.2) is 9.64 Å². The number of thiazole rings is 1. The molecule has 1 heterocycles. The molecule has 66 valence electrons. The number of halogens is 2. The Morgan fingerprint density at radius 3 is 2.83 bits per heavy atom. The summed E-state index contributed by atoms with van der Waals surface area (Å²) in [5, 5.41) is 1.82. The van der Waals surface area contributed by atoms with E-state index in [1.54, 1.807) is 17.8 Å². The van der Waals surface area contributed by atoms with Gasteiger partial charge < -0.3 is 4.57 Å². The van der Waals surface area contributed by atoms with E-state index in [4.69, 9.17) is 23.2 Å². The number of hydrogen-bond acceptors (Lipinski definition) is 2. The van der Waals surface area contributed by atoms with Crippen LogP contribution in [0.1, 0.15) is 0 Å². The van der Waals surface area contributed by atoms with E-state index in [1.807, 2.05) is 5.38 Å². The van der Waals surface area contributed by atoms with Gasteiger partial charge in [0.25, 0.3) is 5.91 Å². The number of rotatable bonds is 1. The van der Waals surface area contributed by atoms with Gasteiger partial charge in [0.1, 0.15) is 0 Å². The van der Waals surface area contributed by atoms with Crippen LogP contribution in [0.15, 0.2) is 16.6 Å². The smallest absolute Gasteiger partial charge is 0.281 e. The fraction of sp³-hybridized carbons (Fsp3) is 0.333. The number of aryl methyl sites for hydroxylation is 1. The van der Waals surface area contributed by atoms with E-state index in [2.05, 4.69) is 4.99 Å². The molecule has 0 aliphatic carbocycles. The minimum Gasteiger partial charge on any atom is -0.327 e. The van der Waals surface area contributed by atoms with Crippen LogP contribution in [0.2, 0.25) is 0 Å². The van der Waals surface area contributed by atoms with Gasteiger partial charge in [-0.1, -0.05) is 23.2 Å². The van der Waals surface area contributed by atoms with E-state index in [0.29, 0.717) is 4.80 Å². The predicted molar refractivity (Wildman–Crippen MR) is 49.4 cm³/mol. The summed E-state index contributed by atoms with van der Waals surface area (Å²) in [4.78, 5) is 14.1. The maximum Gasteiger partial charge on any atom is 0.281 e. The van der Waals surface area contributed by atoms with E-state index < -0.39 is 10.7 Å². The zero-order chi connectivity index (χ0) is 9.14. The molecule has 0 saturated heterocycles. The lowest BCUT2D eigenvalue weighted by molar-refractivity contribution is -0.116. The molecule has 0 N–H and O–H groups in total. The van der Waals surface area contributed by atoms with Crippen LogP contribution in [-0.2, 0) is 11.8 Å². The SMILES string of the molecule is Cn1ccsc1=NC(=O)C(Cl)Cl. The molecule has 0 bridgehead atoms. The predicted octanol–water partition coefficient (Wildman–Crippen LogP) is 1.32. The highest BCUT2D eigenvalue weighted by molar-refractivity contribution is 7.07. The fourth-order valence-electron chi connectivity index (χ4n) is 0.578. The molecule has 0 fully saturated rings. The Morgan fingerprint density at radius 2 is 2.42 bits per heavy atom. The van der Waals surface area contributed by atoms with Crippen molar-refractivity contribution in [3.05, 3.63) is 16.4 Å². The molecule has 0 radical (unpaired) electrons. The molecular weight excluding hydrogens is 219 g/mol. The minimum atomic E-state index is -1.08. The largest absolute Gasteiger partial charge is 0.327 e. The van der Waals surface area contributed by atoms with Crippen molar-refractivity contribution in [3.63, 3.8) is 0 Å². The topological polar surface area (TPSA) is 34.4 Å². The summed E-state index contributed by atoms with van der Waals surface area (Å²) >= 11 is 12.0. The molecule has 0 aliphatic heterocycles. The number of carbonyl (C=O) groups is 1. The summed E-state index contributed by atoms with van der Waals surface area (Å²) in [7, 11) is 1.79. The van der Waals surface area contributed by atoms with E-state index in [1.165, 1.54) is 11.3 Å². The van der Waals surface area contributed by atoms with Gasteiger partial charge in [-0.25, -0.2) is 0 Å². The first-order valence-electron chi connectivity index (χ1n) is 3.08. The Kier molecular flexibility index (Phi) is 3.31. The first-order valence-corrected chi connectivity index (χ1v) is 4.83. The van der Waals surface area contributed by atoms with Crippen molar-refractivity contribution in [2.24, 2.45) is 12.0 Å². The lowest BCUT2D eigenvalue weighted by atomic mass is 10.7. The van der Waals surface area contributed by atoms with Gasteiger partial charge in [-0.05, 0) is 0 Å². The maximum atomic E-state index is 10.9. The molecule has 0 aromatic carbocycles. The quantitative estimate of drug-likeness (QED) is 0.663. The normalized spacial score (nSPS) is 12.5. The molecule has 0 unspecified atom stereocenters. The number of carbonyl (C=O) groups excluding carboxylic acids is 1. The highest BCUT2D eigenvalue weighted by Gasteiger charge is 2.09. The van der Waals surface area contributed by atoms with Crippen LogP contribution in [0.3, 0.4) is 0 Å². The number of hydrogen-bond donors (Lipinski definition) is 0. The monoisotopic (exact) mass is 224 g/mol. The van der Waals surface area contributed by atoms with E-state index in [9.17, 15) is 4.79 Å². The van der Waals surface area contributed by atoms with Crippen LogP contribution in [-0.4, -0.2) is 15.3 Å². The second kappa shape index (κ2) is 4.07. The first kappa shape index (κ1) is 9.77. The van der Waals surface area contributed by atoms with Crippen molar-refractivity contribution in [1.82, 2.24) is 4.57 Å². The van der Waals surface area contributed by atoms with Crippen molar-refractivity contribution < 1.29 is 4.79 Å². The maximum absolute atomic E-state index is 10.9. The number of aromatic nitrogens is 1. The Balaban J connectivity index is 2.98. The first-order chi connectivity index (χ1) is 5.61. The highest BCUT2D eigenvalue weighted by atomic mass is 35.5. The molecule has 12 heavy (non-hydrogen) atoms. The summed E-state index contributed by atoms with van der Waals surface area (Å²) < 4.78 is 1.72. The summed E-state index contributed by atoms with van der Waals surface area (Å²) in [5.74, 6) is -0.531. The van der Waals surface area contributed by atoms with Crippen LogP contribution < -0.4 is 4.80 Å². The van der Waals surface area contributed by atoms with Crippen LogP contribution in [0, 0.1) is 0 Å². The zero-order valence-corrected chi connectivity index (χ0v) is 8.53. The van der Waals surface area contributed by atoms with Crippen molar-refractivity contribution in [3.8, 4) is 0 Å². The van der Waals surface area contributed by atoms with E-state index in [0.717, 1.165) is 0 Å². The average Bonchev–Trinajstić information content (AvgIpc) is 2.36. The number of amides is 1. The zero-order valence-electron chi connectivity index (χ0n) is 6.20. The van der Waals surface area contributed by atoms with Crippen molar-refractivity contribution in [2.75, 3.05) is 0 Å². The fourth-order valence-corrected chi connectivity index (χ4v) is 1.41. The minimum absolute atomic E-state index is 0.531. The van der Waals surface area contributed by atoms with Crippen LogP contribution in [0.5, 0.6) is 0 Å². The summed E-state index contributed by atoms with van der Waals surface area (Å²) in [6.45, 7) is 0. The molecule has 3 nitrogen and oxygen atoms in total. The summed E-state index contributed by atoms with van der Waals surface area (Å²) in [6, 6.07) is 0. The van der Waals surface area contributed by atoms with E-state index >= 15 is 0 Å². The molecule has 0 spiro atoms. The second-order valence-corrected chi connectivity index (χ2v) is 4.02. The summed E-state index contributed by atoms with van der Waals surface area (Å²) in [5.41, 5.74) is 0. The highest BCUT2D eigenvalue weighted by Crippen LogP contribution is 2.02. The van der Waals surface area contributed by atoms with Gasteiger partial charge in [0, 0.05) is 18.6 Å². The summed E-state index contributed by atoms with van der Waals surface area (Å²) in [6.07, 6.45) is 1.80. The number of alkyl halides is 2. The Hall–Kier alpha value is -0.320. The van der Waals surface area contributed by atoms with Gasteiger partial charge in [-0.2, -0.15) is 4.99 Å². The lowest BCUT2D eigenvalue weighted by Crippen LogP contribution is -2.15. The standard InChI is InChI=1S/C6H6Cl2N2OS/c1-10-2-3-12-6(10)9-5(11)4(7)8/h2-4H,1H3. The van der Waals surface area contributed by atoms with Crippen LogP contribution in [0.4, 0.5) is 0 Å². The third kappa shape index (κ3) is 2.33. The van der Waals surface area contributed by atoms with Gasteiger partial charge in [0.2, 0.25) is 0 Å². The molecule has 1 rings (SSSR count). The third-order valence-electron chi connectivity index (χ3n) is 1.15. The molecule has 0 atom stereocenters. The Labute approximate surface area is 83.3 Å². The molecule has 6 heteroatoms. The van der Waals surface area contributed by atoms with Gasteiger partial charge >= 0.3 is 0 Å². The van der Waals surface area contributed by atoms with Crippen molar-refractivity contribution >= 4 is 40.4 Å². The van der Waals surface area contributed by atoms with Crippen LogP contribution in [0.25, 0.3) is 0 Å². The van der Waals surface area contributed by atoms with E-state index in [-0.39, 0.29) is 0 Å². The molecular formula is C6H6Cl2N2OS. The molecule has 0 saturated carbocycles. The Morgan fingerprint density at radius 1 is 1.75 bits per heavy atom.